The second-order valence-electron chi connectivity index (χ2n) is 7.10. The first-order valence-electron chi connectivity index (χ1n) is 8.88. The molecule has 4 rings (SSSR count). The topological polar surface area (TPSA) is 12.9 Å². The molecule has 0 atom stereocenters. The average molecular weight is 459 g/mol. The molecule has 0 saturated carbocycles. The number of hydrogen-bond donors (Lipinski definition) is 0. The predicted octanol–water partition coefficient (Wildman–Crippen LogP) is 7.63. The number of rotatable bonds is 3. The van der Waals surface area contributed by atoms with E-state index in [4.69, 9.17) is 0 Å². The Morgan fingerprint density at radius 3 is 1.83 bits per heavy atom. The fourth-order valence-electron chi connectivity index (χ4n) is 3.68. The molecule has 0 saturated heterocycles. The summed E-state index contributed by atoms with van der Waals surface area (Å²) in [5.41, 5.74) is -2.73. The molecule has 30 heavy (non-hydrogen) atoms. The number of aryl methyl sites for hydroxylation is 3. The van der Waals surface area contributed by atoms with Crippen LogP contribution in [0.2, 0.25) is 0 Å². The maximum absolute atomic E-state index is 14.9. The highest BCUT2D eigenvalue weighted by atomic mass is 32.1. The van der Waals surface area contributed by atoms with Crippen LogP contribution in [0, 0.1) is 20.8 Å². The number of aromatic nitrogens is 1. The van der Waals surface area contributed by atoms with Gasteiger partial charge in [0.25, 0.3) is 0 Å². The molecule has 0 radical (unpaired) electrons. The smallest absolute Gasteiger partial charge is 0.255 e. The molecule has 1 aliphatic rings. The summed E-state index contributed by atoms with van der Waals surface area (Å²) in [6, 6.07) is 7.50. The van der Waals surface area contributed by atoms with E-state index in [1.807, 2.05) is 0 Å². The predicted molar refractivity (Wildman–Crippen MR) is 108 cm³/mol. The van der Waals surface area contributed by atoms with Crippen LogP contribution in [-0.2, 0) is 0 Å². The van der Waals surface area contributed by atoms with E-state index in [-0.39, 0.29) is 20.9 Å². The van der Waals surface area contributed by atoms with Crippen LogP contribution < -0.4 is 0 Å². The Balaban J connectivity index is 2.05. The average Bonchev–Trinajstić information content (AvgIpc) is 3.23. The first kappa shape index (κ1) is 21.1. The molecule has 1 nitrogen and oxygen atoms in total. The minimum atomic E-state index is -5.55. The van der Waals surface area contributed by atoms with Gasteiger partial charge >= 0.3 is 17.8 Å². The fourth-order valence-corrected chi connectivity index (χ4v) is 5.61. The Morgan fingerprint density at radius 2 is 1.33 bits per heavy atom. The molecule has 3 aromatic rings. The van der Waals surface area contributed by atoms with Crippen LogP contribution in [0.25, 0.3) is 21.7 Å². The Bertz CT molecular complexity index is 1160. The van der Waals surface area contributed by atoms with Crippen LogP contribution >= 0.6 is 22.7 Å². The number of alkyl halides is 6. The van der Waals surface area contributed by atoms with Crippen LogP contribution in [-0.4, -0.2) is 22.8 Å². The molecule has 9 heteroatoms. The molecule has 0 fully saturated rings. The second-order valence-corrected chi connectivity index (χ2v) is 9.81. The monoisotopic (exact) mass is 459 g/mol. The third-order valence-electron chi connectivity index (χ3n) is 5.08. The zero-order valence-electron chi connectivity index (χ0n) is 16.0. The van der Waals surface area contributed by atoms with E-state index >= 15 is 0 Å². The SMILES string of the molecule is Cc1cc(C2=C(c3cc(-c4ccccn4)sc3C)C(F)(F)C(F)(F)C2(F)F)c(C)s1. The maximum atomic E-state index is 14.9. The minimum absolute atomic E-state index is 0.237. The van der Waals surface area contributed by atoms with Gasteiger partial charge in [0.15, 0.2) is 0 Å². The summed E-state index contributed by atoms with van der Waals surface area (Å²) in [4.78, 5) is 5.65. The molecular formula is C21H15F6NS2. The highest BCUT2D eigenvalue weighted by Crippen LogP contribution is 2.65. The van der Waals surface area contributed by atoms with E-state index in [1.165, 1.54) is 32.2 Å². The lowest BCUT2D eigenvalue weighted by molar-refractivity contribution is -0.254. The Labute approximate surface area is 176 Å². The van der Waals surface area contributed by atoms with Crippen LogP contribution in [0.4, 0.5) is 26.3 Å². The molecule has 0 N–H and O–H groups in total. The van der Waals surface area contributed by atoms with Gasteiger partial charge in [-0.25, -0.2) is 0 Å². The molecule has 0 bridgehead atoms. The lowest BCUT2D eigenvalue weighted by Gasteiger charge is -2.25. The maximum Gasteiger partial charge on any atom is 0.380 e. The van der Waals surface area contributed by atoms with Crippen molar-refractivity contribution in [3.8, 4) is 10.6 Å². The summed E-state index contributed by atoms with van der Waals surface area (Å²) in [5.74, 6) is -15.6. The lowest BCUT2D eigenvalue weighted by Crippen LogP contribution is -2.48. The van der Waals surface area contributed by atoms with Crippen molar-refractivity contribution in [1.82, 2.24) is 4.98 Å². The molecule has 3 aromatic heterocycles. The van der Waals surface area contributed by atoms with Gasteiger partial charge in [-0.05, 0) is 56.2 Å². The first-order valence-corrected chi connectivity index (χ1v) is 10.5. The standard InChI is InChI=1S/C21H15F6NS2/c1-10-8-13(11(2)29-10)17-18(20(24,25)21(26,27)19(17,22)23)14-9-16(30-12(14)3)15-6-4-5-7-28-15/h4-9H,1-3H3. The van der Waals surface area contributed by atoms with Crippen molar-refractivity contribution in [1.29, 1.82) is 0 Å². The number of nitrogens with zero attached hydrogens (tertiary/aromatic N) is 1. The van der Waals surface area contributed by atoms with Gasteiger partial charge in [0, 0.05) is 32.0 Å². The van der Waals surface area contributed by atoms with Crippen molar-refractivity contribution in [2.75, 3.05) is 0 Å². The van der Waals surface area contributed by atoms with Crippen molar-refractivity contribution >= 4 is 33.8 Å². The van der Waals surface area contributed by atoms with Crippen molar-refractivity contribution in [2.24, 2.45) is 0 Å². The normalized spacial score (nSPS) is 19.5. The zero-order valence-corrected chi connectivity index (χ0v) is 17.6. The first-order chi connectivity index (χ1) is 13.9. The van der Waals surface area contributed by atoms with Crippen LogP contribution in [0.5, 0.6) is 0 Å². The molecule has 0 spiro atoms. The van der Waals surface area contributed by atoms with Crippen molar-refractivity contribution < 1.29 is 26.3 Å². The van der Waals surface area contributed by atoms with Crippen molar-refractivity contribution in [2.45, 2.75) is 38.5 Å². The summed E-state index contributed by atoms with van der Waals surface area (Å²) >= 11 is 2.14. The van der Waals surface area contributed by atoms with E-state index in [0.29, 0.717) is 15.4 Å². The Kier molecular flexibility index (Phi) is 4.70. The summed E-state index contributed by atoms with van der Waals surface area (Å²) in [5, 5.41) is 0. The van der Waals surface area contributed by atoms with Gasteiger partial charge in [-0.1, -0.05) is 6.07 Å². The van der Waals surface area contributed by atoms with E-state index in [9.17, 15) is 26.3 Å². The minimum Gasteiger partial charge on any atom is -0.255 e. The van der Waals surface area contributed by atoms with E-state index < -0.39 is 28.9 Å². The zero-order chi connectivity index (χ0) is 22.1. The van der Waals surface area contributed by atoms with Crippen LogP contribution in [0.3, 0.4) is 0 Å². The molecule has 0 aliphatic heterocycles. The van der Waals surface area contributed by atoms with Gasteiger partial charge in [-0.3, -0.25) is 4.98 Å². The van der Waals surface area contributed by atoms with E-state index in [1.54, 1.807) is 25.1 Å². The summed E-state index contributed by atoms with van der Waals surface area (Å²) in [6.07, 6.45) is 1.50. The highest BCUT2D eigenvalue weighted by molar-refractivity contribution is 7.15. The van der Waals surface area contributed by atoms with Crippen molar-refractivity contribution in [3.63, 3.8) is 0 Å². The summed E-state index contributed by atoms with van der Waals surface area (Å²) < 4.78 is 88.4. The summed E-state index contributed by atoms with van der Waals surface area (Å²) in [6.45, 7) is 4.52. The van der Waals surface area contributed by atoms with Gasteiger partial charge in [0.1, 0.15) is 0 Å². The quantitative estimate of drug-likeness (QED) is 0.367. The third-order valence-corrected chi connectivity index (χ3v) is 7.12. The van der Waals surface area contributed by atoms with Gasteiger partial charge in [0.05, 0.1) is 10.6 Å². The van der Waals surface area contributed by atoms with E-state index in [2.05, 4.69) is 4.98 Å². The number of hydrogen-bond acceptors (Lipinski definition) is 3. The molecule has 0 amide bonds. The van der Waals surface area contributed by atoms with Gasteiger partial charge in [0.2, 0.25) is 0 Å². The van der Waals surface area contributed by atoms with Crippen LogP contribution in [0.15, 0.2) is 36.5 Å². The lowest BCUT2D eigenvalue weighted by atomic mass is 9.95. The Morgan fingerprint density at radius 1 is 0.767 bits per heavy atom. The van der Waals surface area contributed by atoms with Crippen molar-refractivity contribution in [3.05, 3.63) is 62.3 Å². The number of thiophene rings is 2. The van der Waals surface area contributed by atoms with Gasteiger partial charge in [-0.2, -0.15) is 26.3 Å². The van der Waals surface area contributed by atoms with Crippen LogP contribution in [0.1, 0.15) is 25.8 Å². The van der Waals surface area contributed by atoms with E-state index in [0.717, 1.165) is 22.7 Å². The molecular weight excluding hydrogens is 444 g/mol. The second kappa shape index (κ2) is 6.68. The Hall–Kier alpha value is -2.13. The third kappa shape index (κ3) is 2.78. The molecule has 0 unspecified atom stereocenters. The molecule has 1 aliphatic carbocycles. The van der Waals surface area contributed by atoms with Gasteiger partial charge in [-0.15, -0.1) is 22.7 Å². The molecule has 158 valence electrons. The molecule has 3 heterocycles. The highest BCUT2D eigenvalue weighted by Gasteiger charge is 2.80. The summed E-state index contributed by atoms with van der Waals surface area (Å²) in [7, 11) is 0. The fraction of sp³-hybridized carbons (Fsp3) is 0.286. The number of pyridine rings is 1. The largest absolute Gasteiger partial charge is 0.380 e. The van der Waals surface area contributed by atoms with Gasteiger partial charge < -0.3 is 0 Å². The number of allylic oxidation sites excluding steroid dienone is 2. The number of halogens is 6. The molecule has 0 aromatic carbocycles.